The monoisotopic (exact) mass is 380 g/mol. The van der Waals surface area contributed by atoms with Gasteiger partial charge in [-0.05, 0) is 43.0 Å². The molecule has 146 valence electrons. The molecule has 0 spiro atoms. The van der Waals surface area contributed by atoms with Crippen LogP contribution in [0.25, 0.3) is 0 Å². The highest BCUT2D eigenvalue weighted by molar-refractivity contribution is 5.74. The van der Waals surface area contributed by atoms with Crippen LogP contribution in [0.2, 0.25) is 0 Å². The number of likely N-dealkylation sites (tertiary alicyclic amines) is 1. The minimum absolute atomic E-state index is 0.0828. The first kappa shape index (κ1) is 19.5. The van der Waals surface area contributed by atoms with Gasteiger partial charge in [0.15, 0.2) is 0 Å². The number of rotatable bonds is 6. The summed E-state index contributed by atoms with van der Waals surface area (Å²) in [6, 6.07) is 13.1. The molecule has 0 saturated carbocycles. The zero-order chi connectivity index (χ0) is 19.8. The highest BCUT2D eigenvalue weighted by Crippen LogP contribution is 2.18. The maximum Gasteiger partial charge on any atom is 0.317 e. The minimum Gasteiger partial charge on any atom is -0.497 e. The van der Waals surface area contributed by atoms with Crippen LogP contribution in [-0.2, 0) is 6.42 Å². The van der Waals surface area contributed by atoms with Crippen LogP contribution < -0.4 is 14.8 Å². The summed E-state index contributed by atoms with van der Waals surface area (Å²) in [4.78, 5) is 18.4. The molecule has 1 aromatic heterocycles. The maximum absolute atomic E-state index is 12.5. The van der Waals surface area contributed by atoms with Crippen LogP contribution in [0.15, 0.2) is 42.6 Å². The van der Waals surface area contributed by atoms with Crippen LogP contribution in [0.5, 0.6) is 11.6 Å². The Morgan fingerprint density at radius 2 is 2.18 bits per heavy atom. The van der Waals surface area contributed by atoms with Crippen molar-refractivity contribution in [1.82, 2.24) is 15.2 Å². The number of pyridine rings is 1. The van der Waals surface area contributed by atoms with Crippen molar-refractivity contribution in [2.24, 2.45) is 0 Å². The van der Waals surface area contributed by atoms with Gasteiger partial charge in [-0.1, -0.05) is 12.1 Å². The van der Waals surface area contributed by atoms with E-state index in [9.17, 15) is 4.79 Å². The number of amides is 2. The molecule has 1 aliphatic heterocycles. The molecule has 1 atom stereocenters. The highest BCUT2D eigenvalue weighted by Gasteiger charge is 2.25. The Labute approximate surface area is 164 Å². The van der Waals surface area contributed by atoms with Crippen molar-refractivity contribution >= 4 is 6.03 Å². The molecule has 7 heteroatoms. The summed E-state index contributed by atoms with van der Waals surface area (Å²) in [6.07, 6.45) is 3.92. The number of methoxy groups -OCH3 is 1. The number of nitrogens with one attached hydrogen (secondary N) is 1. The number of urea groups is 1. The van der Waals surface area contributed by atoms with Crippen LogP contribution in [0.4, 0.5) is 4.79 Å². The van der Waals surface area contributed by atoms with E-state index in [0.717, 1.165) is 30.6 Å². The number of carbonyl (C=O) groups is 1. The fourth-order valence-corrected chi connectivity index (χ4v) is 3.15. The lowest BCUT2D eigenvalue weighted by Gasteiger charge is -2.32. The fraction of sp³-hybridized carbons (Fsp3) is 0.381. The first-order chi connectivity index (χ1) is 13.7. The van der Waals surface area contributed by atoms with Gasteiger partial charge in [-0.25, -0.2) is 9.78 Å². The smallest absolute Gasteiger partial charge is 0.317 e. The molecule has 0 bridgehead atoms. The van der Waals surface area contributed by atoms with Gasteiger partial charge in [0.25, 0.3) is 0 Å². The number of hydrogen-bond acceptors (Lipinski definition) is 5. The molecule has 1 aliphatic rings. The van der Waals surface area contributed by atoms with Gasteiger partial charge in [0, 0.05) is 25.4 Å². The second-order valence-electron chi connectivity index (χ2n) is 6.65. The number of piperidine rings is 1. The van der Waals surface area contributed by atoms with Crippen molar-refractivity contribution in [2.75, 3.05) is 26.7 Å². The van der Waals surface area contributed by atoms with Gasteiger partial charge in [0.05, 0.1) is 25.3 Å². The molecule has 1 aromatic carbocycles. The molecule has 28 heavy (non-hydrogen) atoms. The molecule has 1 saturated heterocycles. The van der Waals surface area contributed by atoms with Crippen LogP contribution in [0, 0.1) is 11.3 Å². The number of carbonyl (C=O) groups excluding carboxylic acids is 1. The van der Waals surface area contributed by atoms with Crippen LogP contribution in [0.1, 0.15) is 24.0 Å². The van der Waals surface area contributed by atoms with Crippen molar-refractivity contribution in [1.29, 1.82) is 5.26 Å². The van der Waals surface area contributed by atoms with Gasteiger partial charge < -0.3 is 19.7 Å². The molecule has 0 radical (unpaired) electrons. The number of ether oxygens (including phenoxy) is 2. The third-order valence-corrected chi connectivity index (χ3v) is 4.67. The average Bonchev–Trinajstić information content (AvgIpc) is 2.74. The van der Waals surface area contributed by atoms with E-state index >= 15 is 0 Å². The maximum atomic E-state index is 12.5. The van der Waals surface area contributed by atoms with E-state index in [1.54, 1.807) is 30.3 Å². The van der Waals surface area contributed by atoms with Crippen molar-refractivity contribution in [3.05, 3.63) is 53.7 Å². The predicted molar refractivity (Wildman–Crippen MR) is 104 cm³/mol. The molecule has 1 fully saturated rings. The second-order valence-corrected chi connectivity index (χ2v) is 6.65. The summed E-state index contributed by atoms with van der Waals surface area (Å²) in [6.45, 7) is 1.78. The van der Waals surface area contributed by atoms with Crippen molar-refractivity contribution < 1.29 is 14.3 Å². The summed E-state index contributed by atoms with van der Waals surface area (Å²) < 4.78 is 11.0. The lowest BCUT2D eigenvalue weighted by Crippen LogP contribution is -2.49. The first-order valence-electron chi connectivity index (χ1n) is 9.36. The van der Waals surface area contributed by atoms with E-state index in [4.69, 9.17) is 14.7 Å². The standard InChI is InChI=1S/C21H24N4O3/c1-27-18-6-4-16(5-7-18)8-11-24-21(26)25-12-2-3-19(15-25)28-20-13-17(14-22)9-10-23-20/h4-7,9-10,13,19H,2-3,8,11-12,15H2,1H3,(H,24,26)/t19-/m0/s1. The molecule has 2 heterocycles. The minimum atomic E-state index is -0.123. The fourth-order valence-electron chi connectivity index (χ4n) is 3.15. The number of benzene rings is 1. The molecule has 2 amide bonds. The summed E-state index contributed by atoms with van der Waals surface area (Å²) >= 11 is 0. The molecule has 2 aromatic rings. The molecule has 0 unspecified atom stereocenters. The molecule has 1 N–H and O–H groups in total. The van der Waals surface area contributed by atoms with Crippen LogP contribution in [-0.4, -0.2) is 48.8 Å². The zero-order valence-electron chi connectivity index (χ0n) is 15.9. The van der Waals surface area contributed by atoms with E-state index in [-0.39, 0.29) is 12.1 Å². The van der Waals surface area contributed by atoms with Crippen molar-refractivity contribution in [2.45, 2.75) is 25.4 Å². The largest absolute Gasteiger partial charge is 0.497 e. The van der Waals surface area contributed by atoms with E-state index in [2.05, 4.69) is 16.4 Å². The first-order valence-corrected chi connectivity index (χ1v) is 9.36. The van der Waals surface area contributed by atoms with Crippen molar-refractivity contribution in [3.63, 3.8) is 0 Å². The van der Waals surface area contributed by atoms with Crippen LogP contribution >= 0.6 is 0 Å². The Morgan fingerprint density at radius 3 is 2.93 bits per heavy atom. The second kappa shape index (κ2) is 9.60. The van der Waals surface area contributed by atoms with Gasteiger partial charge in [0.1, 0.15) is 11.9 Å². The average molecular weight is 380 g/mol. The van der Waals surface area contributed by atoms with Gasteiger partial charge in [-0.15, -0.1) is 0 Å². The van der Waals surface area contributed by atoms with Crippen molar-refractivity contribution in [3.8, 4) is 17.7 Å². The van der Waals surface area contributed by atoms with E-state index in [0.29, 0.717) is 31.1 Å². The summed E-state index contributed by atoms with van der Waals surface area (Å²) in [5.74, 6) is 1.24. The summed E-state index contributed by atoms with van der Waals surface area (Å²) in [7, 11) is 1.64. The van der Waals surface area contributed by atoms with E-state index < -0.39 is 0 Å². The lowest BCUT2D eigenvalue weighted by molar-refractivity contribution is 0.0979. The molecule has 7 nitrogen and oxygen atoms in total. The summed E-state index contributed by atoms with van der Waals surface area (Å²) in [5, 5.41) is 11.9. The van der Waals surface area contributed by atoms with E-state index in [1.807, 2.05) is 24.3 Å². The third kappa shape index (κ3) is 5.36. The Hall–Kier alpha value is -3.27. The number of nitrogens with zero attached hydrogens (tertiary/aromatic N) is 3. The SMILES string of the molecule is COc1ccc(CCNC(=O)N2CCC[C@H](Oc3cc(C#N)ccn3)C2)cc1. The molecule has 3 rings (SSSR count). The Kier molecular flexibility index (Phi) is 6.68. The molecular formula is C21H24N4O3. The Bertz CT molecular complexity index is 832. The van der Waals surface area contributed by atoms with Gasteiger partial charge in [-0.3, -0.25) is 0 Å². The number of nitriles is 1. The topological polar surface area (TPSA) is 87.5 Å². The zero-order valence-corrected chi connectivity index (χ0v) is 15.9. The van der Waals surface area contributed by atoms with Gasteiger partial charge in [-0.2, -0.15) is 5.26 Å². The summed E-state index contributed by atoms with van der Waals surface area (Å²) in [5.41, 5.74) is 1.65. The highest BCUT2D eigenvalue weighted by atomic mass is 16.5. The number of hydrogen-bond donors (Lipinski definition) is 1. The Morgan fingerprint density at radius 1 is 1.36 bits per heavy atom. The predicted octanol–water partition coefficient (Wildman–Crippen LogP) is 2.76. The number of aromatic nitrogens is 1. The van der Waals surface area contributed by atoms with Gasteiger partial charge in [0.2, 0.25) is 5.88 Å². The third-order valence-electron chi connectivity index (χ3n) is 4.67. The van der Waals surface area contributed by atoms with Crippen LogP contribution in [0.3, 0.4) is 0 Å². The Balaban J connectivity index is 1.46. The lowest BCUT2D eigenvalue weighted by atomic mass is 10.1. The van der Waals surface area contributed by atoms with E-state index in [1.165, 1.54) is 0 Å². The normalized spacial score (nSPS) is 16.1. The molecular weight excluding hydrogens is 356 g/mol. The molecule has 0 aliphatic carbocycles. The quantitative estimate of drug-likeness (QED) is 0.833. The van der Waals surface area contributed by atoms with Gasteiger partial charge >= 0.3 is 6.03 Å².